The number of thioether (sulfide) groups is 1. The summed E-state index contributed by atoms with van der Waals surface area (Å²) in [6.45, 7) is 1.55. The van der Waals surface area contributed by atoms with Crippen LogP contribution < -0.4 is 0 Å². The van der Waals surface area contributed by atoms with Gasteiger partial charge in [0, 0.05) is 23.7 Å². The van der Waals surface area contributed by atoms with E-state index in [1.54, 1.807) is 25.4 Å². The van der Waals surface area contributed by atoms with Crippen molar-refractivity contribution in [2.45, 2.75) is 30.6 Å². The summed E-state index contributed by atoms with van der Waals surface area (Å²) in [6, 6.07) is 1.39. The highest BCUT2D eigenvalue weighted by atomic mass is 32.2. The lowest BCUT2D eigenvalue weighted by Crippen LogP contribution is -2.61. The number of carboxylic acid groups (broad SMARTS) is 1. The third kappa shape index (κ3) is 2.20. The Balaban J connectivity index is 1.89. The zero-order chi connectivity index (χ0) is 15.1. The van der Waals surface area contributed by atoms with E-state index < -0.39 is 18.0 Å². The first kappa shape index (κ1) is 14.0. The molecule has 3 rings (SSSR count). The molecule has 0 bridgehead atoms. The molecule has 1 aromatic rings. The van der Waals surface area contributed by atoms with Crippen molar-refractivity contribution < 1.29 is 19.8 Å². The summed E-state index contributed by atoms with van der Waals surface area (Å²) >= 11 is 1.15. The Labute approximate surface area is 124 Å². The van der Waals surface area contributed by atoms with E-state index >= 15 is 0 Å². The van der Waals surface area contributed by atoms with E-state index in [0.717, 1.165) is 11.8 Å². The van der Waals surface area contributed by atoms with E-state index in [9.17, 15) is 19.8 Å². The van der Waals surface area contributed by atoms with Gasteiger partial charge in [-0.25, -0.2) is 14.8 Å². The molecular weight excluding hydrogens is 294 g/mol. The Hall–Kier alpha value is -1.93. The van der Waals surface area contributed by atoms with E-state index in [-0.39, 0.29) is 17.6 Å². The predicted octanol–water partition coefficient (Wildman–Crippen LogP) is 0.476. The second kappa shape index (κ2) is 5.12. The Morgan fingerprint density at radius 3 is 2.71 bits per heavy atom. The van der Waals surface area contributed by atoms with Gasteiger partial charge in [0.25, 0.3) is 0 Å². The first-order chi connectivity index (χ1) is 10.0. The maximum atomic E-state index is 12.0. The van der Waals surface area contributed by atoms with E-state index in [4.69, 9.17) is 0 Å². The van der Waals surface area contributed by atoms with Crippen LogP contribution in [0.4, 0.5) is 0 Å². The number of carbonyl (C=O) groups is 2. The molecule has 3 atom stereocenters. The van der Waals surface area contributed by atoms with Crippen LogP contribution in [0.15, 0.2) is 34.2 Å². The second-order valence-electron chi connectivity index (χ2n) is 4.96. The number of hydrogen-bond acceptors (Lipinski definition) is 6. The molecule has 2 N–H and O–H groups in total. The lowest BCUT2D eigenvalue weighted by molar-refractivity contribution is -0.161. The van der Waals surface area contributed by atoms with Crippen LogP contribution in [0.5, 0.6) is 0 Å². The molecule has 2 aliphatic heterocycles. The second-order valence-corrected chi connectivity index (χ2v) is 6.02. The first-order valence-corrected chi connectivity index (χ1v) is 7.24. The van der Waals surface area contributed by atoms with Crippen LogP contribution in [0, 0.1) is 5.92 Å². The molecule has 1 fully saturated rings. The van der Waals surface area contributed by atoms with Crippen molar-refractivity contribution in [1.82, 2.24) is 14.9 Å². The molecule has 3 heterocycles. The minimum Gasteiger partial charge on any atom is -0.477 e. The van der Waals surface area contributed by atoms with Gasteiger partial charge in [0.05, 0.1) is 18.1 Å². The van der Waals surface area contributed by atoms with Crippen LogP contribution in [0.2, 0.25) is 0 Å². The molecule has 110 valence electrons. The quantitative estimate of drug-likeness (QED) is 0.615. The van der Waals surface area contributed by atoms with Gasteiger partial charge in [0.1, 0.15) is 5.70 Å². The molecule has 0 saturated carbocycles. The number of fused-ring (bicyclic) bond motifs is 1. The standard InChI is InChI=1S/C13H13N3O4S/c1-6(17)9-7-5-8(21-13-14-3-2-4-15-13)10(12(19)20)16(7)11(9)18/h2-4,6-7,9,17H,5H2,1H3,(H,19,20)/t6-,7?,9?/m1/s1. The van der Waals surface area contributed by atoms with Crippen molar-refractivity contribution in [2.24, 2.45) is 5.92 Å². The number of nitrogens with zero attached hydrogens (tertiary/aromatic N) is 3. The molecule has 1 amide bonds. The molecule has 21 heavy (non-hydrogen) atoms. The van der Waals surface area contributed by atoms with E-state index in [1.165, 1.54) is 4.90 Å². The number of aliphatic carboxylic acids is 1. The summed E-state index contributed by atoms with van der Waals surface area (Å²) in [4.78, 5) is 33.4. The largest absolute Gasteiger partial charge is 0.477 e. The van der Waals surface area contributed by atoms with Crippen molar-refractivity contribution in [3.05, 3.63) is 29.1 Å². The predicted molar refractivity (Wildman–Crippen MR) is 73.0 cm³/mol. The monoisotopic (exact) mass is 307 g/mol. The van der Waals surface area contributed by atoms with Crippen molar-refractivity contribution in [1.29, 1.82) is 0 Å². The lowest BCUT2D eigenvalue weighted by Gasteiger charge is -2.44. The Bertz CT molecular complexity index is 632. The molecule has 7 nitrogen and oxygen atoms in total. The van der Waals surface area contributed by atoms with Crippen molar-refractivity contribution >= 4 is 23.6 Å². The molecule has 2 unspecified atom stereocenters. The van der Waals surface area contributed by atoms with Crippen LogP contribution in [0.1, 0.15) is 13.3 Å². The number of hydrogen-bond donors (Lipinski definition) is 2. The Morgan fingerprint density at radius 1 is 1.48 bits per heavy atom. The van der Waals surface area contributed by atoms with Gasteiger partial charge in [-0.05, 0) is 13.0 Å². The summed E-state index contributed by atoms with van der Waals surface area (Å²) in [6.07, 6.45) is 2.77. The molecule has 1 aromatic heterocycles. The number of aliphatic hydroxyl groups is 1. The van der Waals surface area contributed by atoms with Gasteiger partial charge in [0.15, 0.2) is 5.16 Å². The minimum absolute atomic E-state index is 0.0145. The average molecular weight is 307 g/mol. The summed E-state index contributed by atoms with van der Waals surface area (Å²) in [5.41, 5.74) is -0.0145. The highest BCUT2D eigenvalue weighted by Gasteiger charge is 2.56. The summed E-state index contributed by atoms with van der Waals surface area (Å²) < 4.78 is 0. The van der Waals surface area contributed by atoms with Crippen LogP contribution in [0.25, 0.3) is 0 Å². The van der Waals surface area contributed by atoms with Crippen LogP contribution in [-0.2, 0) is 9.59 Å². The number of rotatable bonds is 4. The van der Waals surface area contributed by atoms with Crippen molar-refractivity contribution in [3.8, 4) is 0 Å². The van der Waals surface area contributed by atoms with Gasteiger partial charge < -0.3 is 15.1 Å². The van der Waals surface area contributed by atoms with Gasteiger partial charge in [-0.3, -0.25) is 4.79 Å². The number of aromatic nitrogens is 2. The van der Waals surface area contributed by atoms with Gasteiger partial charge >= 0.3 is 5.97 Å². The third-order valence-corrected chi connectivity index (χ3v) is 4.65. The maximum absolute atomic E-state index is 12.0. The molecule has 0 spiro atoms. The fourth-order valence-corrected chi connectivity index (χ4v) is 3.75. The number of carbonyl (C=O) groups excluding carboxylic acids is 1. The normalized spacial score (nSPS) is 25.6. The molecule has 2 aliphatic rings. The highest BCUT2D eigenvalue weighted by Crippen LogP contribution is 2.47. The van der Waals surface area contributed by atoms with Crippen LogP contribution in [-0.4, -0.2) is 49.1 Å². The number of aliphatic hydroxyl groups excluding tert-OH is 1. The summed E-state index contributed by atoms with van der Waals surface area (Å²) in [5.74, 6) is -2.01. The van der Waals surface area contributed by atoms with Crippen LogP contribution >= 0.6 is 11.8 Å². The molecule has 1 saturated heterocycles. The van der Waals surface area contributed by atoms with Gasteiger partial charge in [-0.15, -0.1) is 0 Å². The fraction of sp³-hybridized carbons (Fsp3) is 0.385. The fourth-order valence-electron chi connectivity index (χ4n) is 2.77. The van der Waals surface area contributed by atoms with Gasteiger partial charge in [-0.1, -0.05) is 11.8 Å². The van der Waals surface area contributed by atoms with Crippen molar-refractivity contribution in [3.63, 3.8) is 0 Å². The maximum Gasteiger partial charge on any atom is 0.353 e. The molecule has 8 heteroatoms. The number of β-lactam (4-membered cyclic amide) rings is 1. The topological polar surface area (TPSA) is 104 Å². The summed E-state index contributed by atoms with van der Waals surface area (Å²) in [5, 5.41) is 19.4. The van der Waals surface area contributed by atoms with E-state index in [2.05, 4.69) is 9.97 Å². The lowest BCUT2D eigenvalue weighted by atomic mass is 9.83. The van der Waals surface area contributed by atoms with Crippen LogP contribution in [0.3, 0.4) is 0 Å². The zero-order valence-corrected chi connectivity index (χ0v) is 11.9. The molecular formula is C13H13N3O4S. The smallest absolute Gasteiger partial charge is 0.353 e. The first-order valence-electron chi connectivity index (χ1n) is 6.43. The van der Waals surface area contributed by atoms with Gasteiger partial charge in [0.2, 0.25) is 5.91 Å². The molecule has 0 radical (unpaired) electrons. The molecule has 0 aromatic carbocycles. The number of amides is 1. The van der Waals surface area contributed by atoms with E-state index in [1.807, 2.05) is 0 Å². The van der Waals surface area contributed by atoms with E-state index in [0.29, 0.717) is 16.5 Å². The Kier molecular flexibility index (Phi) is 3.42. The summed E-state index contributed by atoms with van der Waals surface area (Å²) in [7, 11) is 0. The Morgan fingerprint density at radius 2 is 2.14 bits per heavy atom. The minimum atomic E-state index is -1.15. The zero-order valence-electron chi connectivity index (χ0n) is 11.1. The molecule has 0 aliphatic carbocycles. The van der Waals surface area contributed by atoms with Gasteiger partial charge in [-0.2, -0.15) is 0 Å². The SMILES string of the molecule is C[C@@H](O)C1C(=O)N2C(C(=O)O)=C(Sc3ncccn3)CC12. The van der Waals surface area contributed by atoms with Crippen molar-refractivity contribution in [2.75, 3.05) is 0 Å². The highest BCUT2D eigenvalue weighted by molar-refractivity contribution is 8.03. The number of carboxylic acids is 1. The third-order valence-electron chi connectivity index (χ3n) is 3.65. The average Bonchev–Trinajstić information content (AvgIpc) is 2.74.